The second-order valence-corrected chi connectivity index (χ2v) is 8.00. The van der Waals surface area contributed by atoms with Crippen molar-refractivity contribution < 1.29 is 0 Å². The van der Waals surface area contributed by atoms with Crippen LogP contribution in [0.2, 0.25) is 0 Å². The summed E-state index contributed by atoms with van der Waals surface area (Å²) in [6, 6.07) is 26.0. The van der Waals surface area contributed by atoms with Crippen molar-refractivity contribution in [3.8, 4) is 0 Å². The fourth-order valence-electron chi connectivity index (χ4n) is 4.63. The molecule has 2 nitrogen and oxygen atoms in total. The number of benzene rings is 3. The van der Waals surface area contributed by atoms with Gasteiger partial charge in [-0.1, -0.05) is 74.4 Å². The van der Waals surface area contributed by atoms with E-state index >= 15 is 0 Å². The molecule has 0 aliphatic heterocycles. The number of nitrogens with one attached hydrogen (secondary N) is 1. The van der Waals surface area contributed by atoms with E-state index in [9.17, 15) is 0 Å². The van der Waals surface area contributed by atoms with Gasteiger partial charge in [-0.2, -0.15) is 0 Å². The van der Waals surface area contributed by atoms with Crippen molar-refractivity contribution in [2.75, 3.05) is 17.3 Å². The summed E-state index contributed by atoms with van der Waals surface area (Å²) in [5.74, 6) is 0.638. The molecule has 3 aromatic carbocycles. The van der Waals surface area contributed by atoms with Gasteiger partial charge in [0.2, 0.25) is 0 Å². The highest BCUT2D eigenvalue weighted by Gasteiger charge is 2.29. The van der Waals surface area contributed by atoms with Crippen molar-refractivity contribution >= 4 is 22.1 Å². The van der Waals surface area contributed by atoms with Gasteiger partial charge in [0.05, 0.1) is 6.04 Å². The lowest BCUT2D eigenvalue weighted by atomic mass is 9.82. The Bertz CT molecular complexity index is 925. The van der Waals surface area contributed by atoms with Gasteiger partial charge in [-0.25, -0.2) is 0 Å². The highest BCUT2D eigenvalue weighted by molar-refractivity contribution is 5.86. The number of nitrogens with zero attached hydrogens (tertiary/aromatic N) is 1. The molecule has 1 saturated carbocycles. The fraction of sp³-hybridized carbons (Fsp3) is 0.308. The first-order valence-corrected chi connectivity index (χ1v) is 10.4. The van der Waals surface area contributed by atoms with Crippen LogP contribution in [0, 0.1) is 5.92 Å². The molecule has 1 aliphatic carbocycles. The highest BCUT2D eigenvalue weighted by Crippen LogP contribution is 2.34. The van der Waals surface area contributed by atoms with E-state index < -0.39 is 0 Å². The minimum absolute atomic E-state index is 0.286. The normalized spacial score (nSPS) is 15.9. The van der Waals surface area contributed by atoms with E-state index in [0.29, 0.717) is 5.92 Å². The number of hydrogen-bond acceptors (Lipinski definition) is 2. The third-order valence-corrected chi connectivity index (χ3v) is 6.09. The van der Waals surface area contributed by atoms with Crippen molar-refractivity contribution in [3.63, 3.8) is 0 Å². The van der Waals surface area contributed by atoms with Crippen LogP contribution in [0.4, 0.5) is 11.4 Å². The number of likely N-dealkylation sites (N-methyl/N-ethyl adjacent to an activating group) is 1. The van der Waals surface area contributed by atoms with Crippen LogP contribution in [0.3, 0.4) is 0 Å². The van der Waals surface area contributed by atoms with E-state index in [1.807, 2.05) is 0 Å². The van der Waals surface area contributed by atoms with Crippen molar-refractivity contribution in [3.05, 3.63) is 85.1 Å². The van der Waals surface area contributed by atoms with Crippen molar-refractivity contribution in [2.24, 2.45) is 5.92 Å². The van der Waals surface area contributed by atoms with Crippen LogP contribution in [0.5, 0.6) is 0 Å². The molecule has 1 atom stereocenters. The Kier molecular flexibility index (Phi) is 5.66. The monoisotopic (exact) mass is 370 g/mol. The molecule has 28 heavy (non-hydrogen) atoms. The third-order valence-electron chi connectivity index (χ3n) is 6.09. The van der Waals surface area contributed by atoms with Crippen molar-refractivity contribution in [1.29, 1.82) is 0 Å². The van der Waals surface area contributed by atoms with Crippen LogP contribution in [0.1, 0.15) is 32.1 Å². The Balaban J connectivity index is 1.59. The van der Waals surface area contributed by atoms with Crippen molar-refractivity contribution in [2.45, 2.75) is 38.1 Å². The maximum Gasteiger partial charge on any atom is 0.0710 e. The Labute approximate surface area is 168 Å². The van der Waals surface area contributed by atoms with Crippen LogP contribution < -0.4 is 10.2 Å². The van der Waals surface area contributed by atoms with Gasteiger partial charge in [0.15, 0.2) is 0 Å². The molecular weight excluding hydrogens is 340 g/mol. The van der Waals surface area contributed by atoms with Crippen LogP contribution >= 0.6 is 0 Å². The summed E-state index contributed by atoms with van der Waals surface area (Å²) < 4.78 is 0. The summed E-state index contributed by atoms with van der Waals surface area (Å²) in [6.07, 6.45) is 6.57. The Morgan fingerprint density at radius 2 is 1.57 bits per heavy atom. The average molecular weight is 371 g/mol. The lowest BCUT2D eigenvalue weighted by Crippen LogP contribution is -2.42. The molecule has 0 radical (unpaired) electrons. The van der Waals surface area contributed by atoms with E-state index in [4.69, 9.17) is 0 Å². The molecule has 3 aromatic rings. The average Bonchev–Trinajstić information content (AvgIpc) is 2.75. The lowest BCUT2D eigenvalue weighted by Gasteiger charge is -2.39. The van der Waals surface area contributed by atoms with Gasteiger partial charge in [0.1, 0.15) is 0 Å². The largest absolute Gasteiger partial charge is 0.366 e. The molecule has 1 N–H and O–H groups in total. The summed E-state index contributed by atoms with van der Waals surface area (Å²) in [5.41, 5.74) is 3.46. The lowest BCUT2D eigenvalue weighted by molar-refractivity contribution is 0.320. The second-order valence-electron chi connectivity index (χ2n) is 8.00. The van der Waals surface area contributed by atoms with Crippen LogP contribution in [0.25, 0.3) is 10.8 Å². The minimum Gasteiger partial charge on any atom is -0.366 e. The second kappa shape index (κ2) is 8.52. The van der Waals surface area contributed by atoms with Crippen LogP contribution in [0.15, 0.2) is 85.1 Å². The highest BCUT2D eigenvalue weighted by atomic mass is 15.2. The SMILES string of the molecule is C=C(Nc1ccc2ccccc2c1)C(C1CCCCC1)N(C)c1ccccc1. The first-order chi connectivity index (χ1) is 13.7. The molecule has 0 amide bonds. The number of rotatable bonds is 6. The standard InChI is InChI=1S/C26H30N2/c1-20(27-24-18-17-21-11-9-10-14-23(21)19-24)26(22-12-5-3-6-13-22)28(2)25-15-7-4-8-16-25/h4,7-11,14-19,22,26-27H,1,3,5-6,12-13H2,2H3. The van der Waals surface area contributed by atoms with Gasteiger partial charge >= 0.3 is 0 Å². The number of hydrogen-bond donors (Lipinski definition) is 1. The predicted octanol–water partition coefficient (Wildman–Crippen LogP) is 6.85. The van der Waals surface area contributed by atoms with Gasteiger partial charge in [-0.15, -0.1) is 0 Å². The van der Waals surface area contributed by atoms with Gasteiger partial charge in [-0.05, 0) is 53.8 Å². The zero-order valence-electron chi connectivity index (χ0n) is 16.8. The molecule has 0 spiro atoms. The topological polar surface area (TPSA) is 15.3 Å². The summed E-state index contributed by atoms with van der Waals surface area (Å²) in [7, 11) is 2.21. The van der Waals surface area contributed by atoms with E-state index in [1.165, 1.54) is 48.6 Å². The number of anilines is 2. The van der Waals surface area contributed by atoms with Crippen LogP contribution in [-0.4, -0.2) is 13.1 Å². The van der Waals surface area contributed by atoms with E-state index in [1.54, 1.807) is 0 Å². The van der Waals surface area contributed by atoms with Crippen molar-refractivity contribution in [1.82, 2.24) is 0 Å². The molecular formula is C26H30N2. The summed E-state index contributed by atoms with van der Waals surface area (Å²) in [4.78, 5) is 2.41. The van der Waals surface area contributed by atoms with Gasteiger partial charge in [0, 0.05) is 24.1 Å². The molecule has 1 unspecified atom stereocenters. The molecule has 0 heterocycles. The molecule has 0 bridgehead atoms. The number of fused-ring (bicyclic) bond motifs is 1. The first-order valence-electron chi connectivity index (χ1n) is 10.4. The molecule has 1 fully saturated rings. The summed E-state index contributed by atoms with van der Waals surface area (Å²) >= 11 is 0. The van der Waals surface area contributed by atoms with Gasteiger partial charge < -0.3 is 10.2 Å². The quantitative estimate of drug-likeness (QED) is 0.510. The zero-order chi connectivity index (χ0) is 19.3. The van der Waals surface area contributed by atoms with E-state index in [-0.39, 0.29) is 6.04 Å². The minimum atomic E-state index is 0.286. The Hall–Kier alpha value is -2.74. The van der Waals surface area contributed by atoms with E-state index in [0.717, 1.165) is 11.4 Å². The molecule has 1 aliphatic rings. The first kappa shape index (κ1) is 18.6. The number of para-hydroxylation sites is 1. The van der Waals surface area contributed by atoms with Gasteiger partial charge in [0.25, 0.3) is 0 Å². The van der Waals surface area contributed by atoms with Crippen LogP contribution in [-0.2, 0) is 0 Å². The zero-order valence-corrected chi connectivity index (χ0v) is 16.8. The summed E-state index contributed by atoms with van der Waals surface area (Å²) in [6.45, 7) is 4.50. The van der Waals surface area contributed by atoms with E-state index in [2.05, 4.69) is 96.6 Å². The maximum absolute atomic E-state index is 4.50. The predicted molar refractivity (Wildman–Crippen MR) is 122 cm³/mol. The molecule has 0 aromatic heterocycles. The summed E-state index contributed by atoms with van der Waals surface area (Å²) in [5, 5.41) is 6.17. The smallest absolute Gasteiger partial charge is 0.0710 e. The third kappa shape index (κ3) is 4.06. The molecule has 144 valence electrons. The maximum atomic E-state index is 4.50. The molecule has 4 rings (SSSR count). The molecule has 0 saturated heterocycles. The Morgan fingerprint density at radius 3 is 2.32 bits per heavy atom. The van der Waals surface area contributed by atoms with Gasteiger partial charge in [-0.3, -0.25) is 0 Å². The molecule has 2 heteroatoms. The Morgan fingerprint density at radius 1 is 0.893 bits per heavy atom. The fourth-order valence-corrected chi connectivity index (χ4v) is 4.63.